The predicted molar refractivity (Wildman–Crippen MR) is 80.0 cm³/mol. The number of carbonyl (C=O) groups is 1. The Morgan fingerprint density at radius 1 is 1.04 bits per heavy atom. The van der Waals surface area contributed by atoms with Crippen molar-refractivity contribution in [3.63, 3.8) is 0 Å². The summed E-state index contributed by atoms with van der Waals surface area (Å²) in [5.74, 6) is -3.40. The largest absolute Gasteiger partial charge is 0.508 e. The molecule has 124 valence electrons. The molecule has 0 aliphatic rings. The van der Waals surface area contributed by atoms with Crippen LogP contribution in [0.2, 0.25) is 0 Å². The minimum absolute atomic E-state index is 0.0642. The van der Waals surface area contributed by atoms with Crippen molar-refractivity contribution in [1.82, 2.24) is 0 Å². The van der Waals surface area contributed by atoms with Crippen LogP contribution in [-0.2, 0) is 10.3 Å². The molecule has 0 aromatic heterocycles. The summed E-state index contributed by atoms with van der Waals surface area (Å²) in [5, 5.41) is 28.9. The number of carbonyl (C=O) groups excluding carboxylic acids is 1. The van der Waals surface area contributed by atoms with Crippen molar-refractivity contribution in [2.45, 2.75) is 0 Å². The van der Waals surface area contributed by atoms with Crippen LogP contribution in [0.5, 0.6) is 23.0 Å². The Balaban J connectivity index is 2.41. The lowest BCUT2D eigenvalue weighted by atomic mass is 10.0. The van der Waals surface area contributed by atoms with Gasteiger partial charge < -0.3 is 19.5 Å². The minimum atomic E-state index is -4.69. The number of ketones is 1. The fourth-order valence-electron chi connectivity index (χ4n) is 1.75. The third kappa shape index (κ3) is 3.48. The van der Waals surface area contributed by atoms with Gasteiger partial charge >= 0.3 is 10.3 Å². The third-order valence-electron chi connectivity index (χ3n) is 2.82. The number of hydrogen-bond acceptors (Lipinski definition) is 7. The van der Waals surface area contributed by atoms with Gasteiger partial charge in [0.05, 0.1) is 10.1 Å². The van der Waals surface area contributed by atoms with Gasteiger partial charge in [-0.15, -0.1) is 0 Å². The molecule has 0 radical (unpaired) electrons. The molecule has 0 aliphatic carbocycles. The van der Waals surface area contributed by atoms with E-state index in [9.17, 15) is 28.5 Å². The number of benzene rings is 2. The number of nitrogens with zero attached hydrogens (tertiary/aromatic N) is 3. The number of azide groups is 1. The molecule has 0 aliphatic heterocycles. The zero-order valence-electron chi connectivity index (χ0n) is 11.7. The van der Waals surface area contributed by atoms with E-state index in [1.807, 2.05) is 4.91 Å². The summed E-state index contributed by atoms with van der Waals surface area (Å²) in [4.78, 5) is 14.3. The lowest BCUT2D eigenvalue weighted by Gasteiger charge is -2.09. The molecule has 0 heterocycles. The molecule has 0 saturated heterocycles. The molecule has 0 fully saturated rings. The van der Waals surface area contributed by atoms with Crippen LogP contribution in [-0.4, -0.2) is 29.5 Å². The molecule has 10 nitrogen and oxygen atoms in total. The molecular weight excluding hydrogens is 342 g/mol. The monoisotopic (exact) mass is 351 g/mol. The van der Waals surface area contributed by atoms with Crippen LogP contribution in [0.25, 0.3) is 10.4 Å². The van der Waals surface area contributed by atoms with Gasteiger partial charge in [0.1, 0.15) is 5.75 Å². The van der Waals surface area contributed by atoms with Gasteiger partial charge in [-0.1, -0.05) is 0 Å². The Bertz CT molecular complexity index is 948. The lowest BCUT2D eigenvalue weighted by Crippen LogP contribution is -2.06. The maximum Gasteiger partial charge on any atom is 0.403 e. The maximum absolute atomic E-state index is 12.3. The Hall–Kier alpha value is -3.43. The van der Waals surface area contributed by atoms with E-state index < -0.39 is 33.3 Å². The van der Waals surface area contributed by atoms with Crippen LogP contribution >= 0.6 is 0 Å². The van der Waals surface area contributed by atoms with E-state index in [0.717, 1.165) is 12.1 Å². The van der Waals surface area contributed by atoms with Crippen molar-refractivity contribution in [3.8, 4) is 23.0 Å². The van der Waals surface area contributed by atoms with E-state index in [1.165, 1.54) is 24.3 Å². The molecule has 3 N–H and O–H groups in total. The van der Waals surface area contributed by atoms with Crippen molar-refractivity contribution in [2.75, 3.05) is 0 Å². The van der Waals surface area contributed by atoms with Gasteiger partial charge in [-0.25, -0.2) is 0 Å². The zero-order valence-corrected chi connectivity index (χ0v) is 12.5. The third-order valence-corrected chi connectivity index (χ3v) is 3.48. The van der Waals surface area contributed by atoms with E-state index >= 15 is 0 Å². The average Bonchev–Trinajstić information content (AvgIpc) is 2.52. The van der Waals surface area contributed by atoms with Crippen molar-refractivity contribution < 1.29 is 32.7 Å². The zero-order chi connectivity index (χ0) is 17.9. The average molecular weight is 351 g/mol. The second-order valence-corrected chi connectivity index (χ2v) is 5.55. The van der Waals surface area contributed by atoms with Gasteiger partial charge in [0.25, 0.3) is 0 Å². The van der Waals surface area contributed by atoms with Crippen LogP contribution in [0.1, 0.15) is 15.9 Å². The molecule has 0 spiro atoms. The first-order valence-corrected chi connectivity index (χ1v) is 7.51. The molecule has 0 saturated carbocycles. The van der Waals surface area contributed by atoms with Crippen LogP contribution in [0.4, 0.5) is 0 Å². The van der Waals surface area contributed by atoms with Gasteiger partial charge in [-0.05, 0) is 41.9 Å². The minimum Gasteiger partial charge on any atom is -0.508 e. The summed E-state index contributed by atoms with van der Waals surface area (Å²) >= 11 is 0. The smallest absolute Gasteiger partial charge is 0.403 e. The van der Waals surface area contributed by atoms with E-state index in [2.05, 4.69) is 8.70 Å². The number of aromatic hydroxyl groups is 3. The molecular formula is C13H9N3O7S. The SMILES string of the molecule is [N-]=[N+]=NS(=O)(=O)Oc1ccc(C(=O)c2ccc(O)cc2)c(O)c1O. The standard InChI is InChI=1S/C13H9N3O7S/c14-15-16-24(21,22)23-10-6-5-9(12(19)13(10)20)11(18)7-1-3-8(17)4-2-7/h1-6,17,19-20H. The Morgan fingerprint density at radius 3 is 2.25 bits per heavy atom. The van der Waals surface area contributed by atoms with Gasteiger partial charge in [0, 0.05) is 10.5 Å². The van der Waals surface area contributed by atoms with Gasteiger partial charge in [-0.2, -0.15) is 8.42 Å². The summed E-state index contributed by atoms with van der Waals surface area (Å²) in [6.45, 7) is 0. The normalized spacial score (nSPS) is 10.7. The van der Waals surface area contributed by atoms with Crippen LogP contribution in [0, 0.1) is 0 Å². The number of phenolic OH excluding ortho intramolecular Hbond substituents is 3. The van der Waals surface area contributed by atoms with E-state index in [0.29, 0.717) is 0 Å². The first-order valence-electron chi connectivity index (χ1n) is 6.14. The second-order valence-electron chi connectivity index (χ2n) is 4.37. The molecule has 0 atom stereocenters. The van der Waals surface area contributed by atoms with Crippen molar-refractivity contribution in [3.05, 3.63) is 58.0 Å². The summed E-state index contributed by atoms with van der Waals surface area (Å²) in [5.41, 5.74) is 7.87. The molecule has 2 aromatic carbocycles. The van der Waals surface area contributed by atoms with Crippen molar-refractivity contribution >= 4 is 16.1 Å². The number of phenols is 3. The van der Waals surface area contributed by atoms with Crippen molar-refractivity contribution in [1.29, 1.82) is 0 Å². The molecule has 2 aromatic rings. The second kappa shape index (κ2) is 6.36. The molecule has 2 rings (SSSR count). The Labute approximate surface area is 135 Å². The van der Waals surface area contributed by atoms with E-state index in [-0.39, 0.29) is 16.9 Å². The van der Waals surface area contributed by atoms with Crippen LogP contribution in [0.15, 0.2) is 40.9 Å². The van der Waals surface area contributed by atoms with Gasteiger partial charge in [0.15, 0.2) is 17.3 Å². The summed E-state index contributed by atoms with van der Waals surface area (Å²) in [7, 11) is -4.69. The van der Waals surface area contributed by atoms with Gasteiger partial charge in [-0.3, -0.25) is 4.79 Å². The van der Waals surface area contributed by atoms with Crippen LogP contribution < -0.4 is 4.18 Å². The molecule has 24 heavy (non-hydrogen) atoms. The van der Waals surface area contributed by atoms with E-state index in [4.69, 9.17) is 5.53 Å². The van der Waals surface area contributed by atoms with E-state index in [1.54, 1.807) is 0 Å². The number of rotatable bonds is 5. The topological polar surface area (TPSA) is 170 Å². The highest BCUT2D eigenvalue weighted by atomic mass is 32.2. The highest BCUT2D eigenvalue weighted by Gasteiger charge is 2.22. The molecule has 0 amide bonds. The predicted octanol–water partition coefficient (Wildman–Crippen LogP) is 1.97. The van der Waals surface area contributed by atoms with Crippen molar-refractivity contribution in [2.24, 2.45) is 4.52 Å². The fourth-order valence-corrected chi connectivity index (χ4v) is 2.24. The van der Waals surface area contributed by atoms with Crippen LogP contribution in [0.3, 0.4) is 0 Å². The molecule has 0 unspecified atom stereocenters. The summed E-state index contributed by atoms with van der Waals surface area (Å²) < 4.78 is 29.1. The maximum atomic E-state index is 12.3. The van der Waals surface area contributed by atoms with Gasteiger partial charge in [0.2, 0.25) is 5.75 Å². The summed E-state index contributed by atoms with van der Waals surface area (Å²) in [6.07, 6.45) is 0. The highest BCUT2D eigenvalue weighted by Crippen LogP contribution is 2.39. The Kier molecular flexibility index (Phi) is 4.49. The quantitative estimate of drug-likeness (QED) is 0.243. The number of hydrogen-bond donors (Lipinski definition) is 3. The Morgan fingerprint density at radius 2 is 1.67 bits per heavy atom. The first kappa shape index (κ1) is 16.9. The highest BCUT2D eigenvalue weighted by molar-refractivity contribution is 7.85. The first-order chi connectivity index (χ1) is 11.2. The molecule has 0 bridgehead atoms. The lowest BCUT2D eigenvalue weighted by molar-refractivity contribution is 0.103. The molecule has 11 heteroatoms. The summed E-state index contributed by atoms with van der Waals surface area (Å²) in [6, 6.07) is 7.04. The fraction of sp³-hybridized carbons (Fsp3) is 0.